The number of aromatic amines is 1. The Balaban J connectivity index is 1.34. The van der Waals surface area contributed by atoms with Crippen LogP contribution in [0.25, 0.3) is 21.7 Å². The average Bonchev–Trinajstić information content (AvgIpc) is 3.15. The van der Waals surface area contributed by atoms with Gasteiger partial charge in [0.15, 0.2) is 0 Å². The molecule has 0 bridgehead atoms. The van der Waals surface area contributed by atoms with Gasteiger partial charge in [-0.3, -0.25) is 4.90 Å². The number of H-pyrrole nitrogens is 1. The van der Waals surface area contributed by atoms with Crippen LogP contribution in [0.15, 0.2) is 66.7 Å². The van der Waals surface area contributed by atoms with Crippen molar-refractivity contribution < 1.29 is 9.47 Å². The number of ether oxygens (including phenoxy) is 2. The molecule has 0 radical (unpaired) electrons. The molecule has 5 rings (SSSR count). The van der Waals surface area contributed by atoms with Gasteiger partial charge in [0.1, 0.15) is 5.75 Å². The van der Waals surface area contributed by atoms with E-state index in [-0.39, 0.29) is 6.10 Å². The van der Waals surface area contributed by atoms with Crippen LogP contribution in [-0.2, 0) is 11.3 Å². The van der Waals surface area contributed by atoms with E-state index >= 15 is 0 Å². The zero-order valence-electron chi connectivity index (χ0n) is 16.0. The average molecular weight is 372 g/mol. The summed E-state index contributed by atoms with van der Waals surface area (Å²) in [4.78, 5) is 6.01. The van der Waals surface area contributed by atoms with E-state index in [0.29, 0.717) is 0 Å². The van der Waals surface area contributed by atoms with E-state index in [1.807, 2.05) is 6.07 Å². The van der Waals surface area contributed by atoms with Crippen molar-refractivity contribution in [3.05, 3.63) is 78.0 Å². The maximum atomic E-state index is 6.11. The minimum absolute atomic E-state index is 0.102. The normalized spacial score (nSPS) is 18.0. The van der Waals surface area contributed by atoms with Crippen LogP contribution in [0.5, 0.6) is 5.75 Å². The Hall–Kier alpha value is -2.82. The number of fused-ring (bicyclic) bond motifs is 2. The highest BCUT2D eigenvalue weighted by molar-refractivity contribution is 5.84. The summed E-state index contributed by atoms with van der Waals surface area (Å²) in [5, 5.41) is 3.68. The molecule has 0 aliphatic carbocycles. The molecule has 0 amide bonds. The second kappa shape index (κ2) is 7.30. The lowest BCUT2D eigenvalue weighted by atomic mass is 10.0. The van der Waals surface area contributed by atoms with E-state index in [0.717, 1.165) is 32.0 Å². The Bertz CT molecular complexity index is 1080. The molecule has 1 atom stereocenters. The van der Waals surface area contributed by atoms with Crippen molar-refractivity contribution in [1.29, 1.82) is 0 Å². The summed E-state index contributed by atoms with van der Waals surface area (Å²) < 4.78 is 11.4. The minimum Gasteiger partial charge on any atom is -0.497 e. The second-order valence-electron chi connectivity index (χ2n) is 7.45. The quantitative estimate of drug-likeness (QED) is 0.553. The zero-order chi connectivity index (χ0) is 18.9. The van der Waals surface area contributed by atoms with Crippen LogP contribution >= 0.6 is 0 Å². The molecule has 1 N–H and O–H groups in total. The monoisotopic (exact) mass is 372 g/mol. The number of morpholine rings is 1. The zero-order valence-corrected chi connectivity index (χ0v) is 16.0. The van der Waals surface area contributed by atoms with Gasteiger partial charge in [-0.15, -0.1) is 0 Å². The molecule has 1 aliphatic heterocycles. The van der Waals surface area contributed by atoms with Crippen LogP contribution in [0.3, 0.4) is 0 Å². The molecule has 1 aromatic heterocycles. The topological polar surface area (TPSA) is 37.5 Å². The molecule has 4 nitrogen and oxygen atoms in total. The predicted molar refractivity (Wildman–Crippen MR) is 113 cm³/mol. The van der Waals surface area contributed by atoms with Crippen LogP contribution in [0.4, 0.5) is 0 Å². The Morgan fingerprint density at radius 1 is 1.00 bits per heavy atom. The van der Waals surface area contributed by atoms with Crippen molar-refractivity contribution in [2.45, 2.75) is 12.6 Å². The van der Waals surface area contributed by atoms with E-state index < -0.39 is 0 Å². The molecule has 28 heavy (non-hydrogen) atoms. The van der Waals surface area contributed by atoms with E-state index in [2.05, 4.69) is 70.5 Å². The van der Waals surface area contributed by atoms with Crippen molar-refractivity contribution in [2.75, 3.05) is 26.8 Å². The van der Waals surface area contributed by atoms with Gasteiger partial charge < -0.3 is 14.5 Å². The lowest BCUT2D eigenvalue weighted by molar-refractivity contribution is -0.0331. The van der Waals surface area contributed by atoms with Crippen LogP contribution in [0, 0.1) is 0 Å². The standard InChI is InChI=1S/C24H24N2O2/c1-27-22-9-8-17-12-20(7-6-18(17)14-22)24-16-26(10-11-28-24)15-21-13-19-4-2-3-5-23(19)25-21/h2-9,12-14,24-25H,10-11,15-16H2,1H3/t24-/m1/s1. The Labute approximate surface area is 164 Å². The highest BCUT2D eigenvalue weighted by Gasteiger charge is 2.22. The van der Waals surface area contributed by atoms with Gasteiger partial charge in [-0.1, -0.05) is 36.4 Å². The van der Waals surface area contributed by atoms with Gasteiger partial charge in [0, 0.05) is 30.8 Å². The molecule has 0 spiro atoms. The van der Waals surface area contributed by atoms with Gasteiger partial charge in [0.2, 0.25) is 0 Å². The number of benzene rings is 3. The van der Waals surface area contributed by atoms with Gasteiger partial charge in [0.05, 0.1) is 19.8 Å². The molecule has 1 saturated heterocycles. The fourth-order valence-electron chi connectivity index (χ4n) is 4.08. The fraction of sp³-hybridized carbons (Fsp3) is 0.250. The first-order valence-electron chi connectivity index (χ1n) is 9.77. The number of rotatable bonds is 4. The van der Waals surface area contributed by atoms with E-state index in [4.69, 9.17) is 9.47 Å². The smallest absolute Gasteiger partial charge is 0.119 e. The SMILES string of the molecule is COc1ccc2cc([C@H]3CN(Cc4cc5ccccc5[nH]4)CCO3)ccc2c1. The first-order valence-corrected chi connectivity index (χ1v) is 9.77. The summed E-state index contributed by atoms with van der Waals surface area (Å²) >= 11 is 0. The number of aromatic nitrogens is 1. The van der Waals surface area contributed by atoms with Gasteiger partial charge in [-0.05, 0) is 52.1 Å². The highest BCUT2D eigenvalue weighted by atomic mass is 16.5. The molecular weight excluding hydrogens is 348 g/mol. The van der Waals surface area contributed by atoms with Crippen molar-refractivity contribution in [3.63, 3.8) is 0 Å². The summed E-state index contributed by atoms with van der Waals surface area (Å²) in [6, 6.07) is 23.5. The summed E-state index contributed by atoms with van der Waals surface area (Å²) in [6.45, 7) is 3.53. The largest absolute Gasteiger partial charge is 0.497 e. The Morgan fingerprint density at radius 2 is 1.86 bits per heavy atom. The molecule has 0 unspecified atom stereocenters. The summed E-state index contributed by atoms with van der Waals surface area (Å²) in [7, 11) is 1.70. The van der Waals surface area contributed by atoms with E-state index in [1.54, 1.807) is 7.11 Å². The highest BCUT2D eigenvalue weighted by Crippen LogP contribution is 2.28. The van der Waals surface area contributed by atoms with Crippen molar-refractivity contribution >= 4 is 21.7 Å². The third-order valence-electron chi connectivity index (χ3n) is 5.57. The molecule has 1 fully saturated rings. The van der Waals surface area contributed by atoms with Crippen LogP contribution < -0.4 is 4.74 Å². The minimum atomic E-state index is 0.102. The van der Waals surface area contributed by atoms with Gasteiger partial charge in [-0.25, -0.2) is 0 Å². The number of para-hydroxylation sites is 1. The van der Waals surface area contributed by atoms with Gasteiger partial charge >= 0.3 is 0 Å². The second-order valence-corrected chi connectivity index (χ2v) is 7.45. The van der Waals surface area contributed by atoms with E-state index in [9.17, 15) is 0 Å². The predicted octanol–water partition coefficient (Wildman–Crippen LogP) is 4.90. The molecule has 4 aromatic rings. The third-order valence-corrected chi connectivity index (χ3v) is 5.57. The number of hydrogen-bond acceptors (Lipinski definition) is 3. The van der Waals surface area contributed by atoms with Gasteiger partial charge in [-0.2, -0.15) is 0 Å². The third kappa shape index (κ3) is 3.37. The van der Waals surface area contributed by atoms with Crippen molar-refractivity contribution in [1.82, 2.24) is 9.88 Å². The molecule has 3 aromatic carbocycles. The van der Waals surface area contributed by atoms with Crippen LogP contribution in [0.2, 0.25) is 0 Å². The maximum Gasteiger partial charge on any atom is 0.119 e. The number of nitrogens with one attached hydrogen (secondary N) is 1. The number of methoxy groups -OCH3 is 1. The first-order chi connectivity index (χ1) is 13.8. The molecule has 1 aliphatic rings. The Kier molecular flexibility index (Phi) is 4.51. The van der Waals surface area contributed by atoms with Crippen molar-refractivity contribution in [2.24, 2.45) is 0 Å². The molecule has 142 valence electrons. The lowest BCUT2D eigenvalue weighted by Gasteiger charge is -2.33. The first kappa shape index (κ1) is 17.3. The molecule has 2 heterocycles. The van der Waals surface area contributed by atoms with Crippen LogP contribution in [-0.4, -0.2) is 36.7 Å². The molecular formula is C24H24N2O2. The lowest BCUT2D eigenvalue weighted by Crippen LogP contribution is -2.37. The van der Waals surface area contributed by atoms with Crippen molar-refractivity contribution in [3.8, 4) is 5.75 Å². The summed E-state index contributed by atoms with van der Waals surface area (Å²) in [6.07, 6.45) is 0.102. The summed E-state index contributed by atoms with van der Waals surface area (Å²) in [5.74, 6) is 0.888. The number of nitrogens with zero attached hydrogens (tertiary/aromatic N) is 1. The van der Waals surface area contributed by atoms with Crippen LogP contribution in [0.1, 0.15) is 17.4 Å². The maximum absolute atomic E-state index is 6.11. The molecule has 4 heteroatoms. The van der Waals surface area contributed by atoms with E-state index in [1.165, 1.54) is 32.9 Å². The number of hydrogen-bond donors (Lipinski definition) is 1. The van der Waals surface area contributed by atoms with Gasteiger partial charge in [0.25, 0.3) is 0 Å². The fourth-order valence-corrected chi connectivity index (χ4v) is 4.08. The molecule has 0 saturated carbocycles. The Morgan fingerprint density at radius 3 is 2.75 bits per heavy atom. The summed E-state index contributed by atoms with van der Waals surface area (Å²) in [5.41, 5.74) is 3.69.